The molecule has 1 fully saturated rings. The molecule has 1 atom stereocenters. The molecule has 0 bridgehead atoms. The average molecular weight is 279 g/mol. The van der Waals surface area contributed by atoms with Gasteiger partial charge in [-0.15, -0.1) is 6.58 Å². The van der Waals surface area contributed by atoms with Gasteiger partial charge in [-0.1, -0.05) is 6.08 Å². The minimum atomic E-state index is -0.619. The van der Waals surface area contributed by atoms with Crippen LogP contribution < -0.4 is 5.32 Å². The summed E-state index contributed by atoms with van der Waals surface area (Å²) in [5.41, 5.74) is 0. The minimum absolute atomic E-state index is 0.0591. The van der Waals surface area contributed by atoms with Crippen molar-refractivity contribution in [3.05, 3.63) is 36.8 Å². The number of urea groups is 1. The molecule has 0 aliphatic carbocycles. The number of furan rings is 1. The van der Waals surface area contributed by atoms with Gasteiger partial charge in [0.25, 0.3) is 0 Å². The van der Waals surface area contributed by atoms with Gasteiger partial charge < -0.3 is 19.7 Å². The summed E-state index contributed by atoms with van der Waals surface area (Å²) in [5.74, 6) is 0.580. The molecule has 1 aliphatic rings. The molecule has 1 saturated heterocycles. The van der Waals surface area contributed by atoms with Gasteiger partial charge in [-0.3, -0.25) is 4.90 Å². The molecule has 0 spiro atoms. The van der Waals surface area contributed by atoms with Crippen molar-refractivity contribution >= 4 is 6.03 Å². The summed E-state index contributed by atoms with van der Waals surface area (Å²) < 4.78 is 5.18. The molecule has 0 saturated carbocycles. The van der Waals surface area contributed by atoms with Crippen LogP contribution in [0.15, 0.2) is 35.5 Å². The third-order valence-electron chi connectivity index (χ3n) is 3.36. The van der Waals surface area contributed by atoms with Crippen molar-refractivity contribution < 1.29 is 14.3 Å². The molecule has 110 valence electrons. The van der Waals surface area contributed by atoms with Crippen LogP contribution in [0.4, 0.5) is 4.79 Å². The Bertz CT molecular complexity index is 425. The van der Waals surface area contributed by atoms with E-state index < -0.39 is 6.10 Å². The molecule has 0 aromatic carbocycles. The van der Waals surface area contributed by atoms with Crippen molar-refractivity contribution in [1.82, 2.24) is 15.1 Å². The van der Waals surface area contributed by atoms with Crippen LogP contribution in [0.25, 0.3) is 0 Å². The van der Waals surface area contributed by atoms with Crippen molar-refractivity contribution in [2.45, 2.75) is 6.10 Å². The predicted molar refractivity (Wildman–Crippen MR) is 75.3 cm³/mol. The summed E-state index contributed by atoms with van der Waals surface area (Å²) in [6.07, 6.45) is 2.60. The Morgan fingerprint density at radius 3 is 2.85 bits per heavy atom. The first-order chi connectivity index (χ1) is 9.70. The molecule has 2 N–H and O–H groups in total. The first-order valence-electron chi connectivity index (χ1n) is 6.78. The van der Waals surface area contributed by atoms with E-state index in [4.69, 9.17) is 4.42 Å². The molecule has 20 heavy (non-hydrogen) atoms. The van der Waals surface area contributed by atoms with E-state index in [1.165, 1.54) is 0 Å². The van der Waals surface area contributed by atoms with Crippen LogP contribution in [0, 0.1) is 0 Å². The van der Waals surface area contributed by atoms with Crippen LogP contribution in [0.3, 0.4) is 0 Å². The van der Waals surface area contributed by atoms with Gasteiger partial charge in [-0.05, 0) is 12.1 Å². The second-order valence-corrected chi connectivity index (χ2v) is 4.79. The maximum Gasteiger partial charge on any atom is 0.317 e. The number of nitrogens with zero attached hydrogens (tertiary/aromatic N) is 2. The second-order valence-electron chi connectivity index (χ2n) is 4.79. The largest absolute Gasteiger partial charge is 0.467 e. The first kappa shape index (κ1) is 14.6. The van der Waals surface area contributed by atoms with E-state index in [0.717, 1.165) is 13.1 Å². The Morgan fingerprint density at radius 2 is 2.25 bits per heavy atom. The number of aliphatic hydroxyl groups excluding tert-OH is 1. The van der Waals surface area contributed by atoms with Gasteiger partial charge in [-0.25, -0.2) is 4.79 Å². The van der Waals surface area contributed by atoms with Gasteiger partial charge in [0.15, 0.2) is 0 Å². The molecular formula is C14H21N3O3. The molecular weight excluding hydrogens is 258 g/mol. The summed E-state index contributed by atoms with van der Waals surface area (Å²) in [6.45, 7) is 7.39. The molecule has 2 heterocycles. The molecule has 1 aromatic heterocycles. The number of amides is 2. The van der Waals surface area contributed by atoms with E-state index in [1.807, 2.05) is 0 Å². The Labute approximate surface area is 118 Å². The fraction of sp³-hybridized carbons (Fsp3) is 0.500. The summed E-state index contributed by atoms with van der Waals surface area (Å²) in [7, 11) is 0. The van der Waals surface area contributed by atoms with Crippen molar-refractivity contribution in [2.75, 3.05) is 39.3 Å². The third kappa shape index (κ3) is 3.85. The highest BCUT2D eigenvalue weighted by Gasteiger charge is 2.23. The lowest BCUT2D eigenvalue weighted by Gasteiger charge is -2.35. The fourth-order valence-corrected chi connectivity index (χ4v) is 2.22. The van der Waals surface area contributed by atoms with Crippen LogP contribution in [0.1, 0.15) is 11.9 Å². The van der Waals surface area contributed by atoms with Crippen LogP contribution in [-0.4, -0.2) is 60.2 Å². The summed E-state index contributed by atoms with van der Waals surface area (Å²) >= 11 is 0. The van der Waals surface area contributed by atoms with Crippen molar-refractivity contribution in [1.29, 1.82) is 0 Å². The van der Waals surface area contributed by atoms with Crippen LogP contribution in [0.5, 0.6) is 0 Å². The predicted octanol–water partition coefficient (Wildman–Crippen LogP) is 0.826. The molecule has 1 aromatic rings. The number of rotatable bonds is 5. The van der Waals surface area contributed by atoms with Crippen LogP contribution >= 0.6 is 0 Å². The first-order valence-corrected chi connectivity index (χ1v) is 6.78. The van der Waals surface area contributed by atoms with Crippen molar-refractivity contribution in [3.63, 3.8) is 0 Å². The quantitative estimate of drug-likeness (QED) is 0.783. The van der Waals surface area contributed by atoms with E-state index in [2.05, 4.69) is 16.8 Å². The van der Waals surface area contributed by atoms with Gasteiger partial charge in [0, 0.05) is 39.3 Å². The topological polar surface area (TPSA) is 69.0 Å². The third-order valence-corrected chi connectivity index (χ3v) is 3.36. The average Bonchev–Trinajstić information content (AvgIpc) is 3.00. The second kappa shape index (κ2) is 7.12. The molecule has 2 rings (SSSR count). The van der Waals surface area contributed by atoms with E-state index in [1.54, 1.807) is 29.4 Å². The highest BCUT2D eigenvalue weighted by Crippen LogP contribution is 2.15. The van der Waals surface area contributed by atoms with E-state index in [9.17, 15) is 9.90 Å². The Kier molecular flexibility index (Phi) is 5.20. The Morgan fingerprint density at radius 1 is 1.50 bits per heavy atom. The maximum absolute atomic E-state index is 11.8. The zero-order valence-electron chi connectivity index (χ0n) is 11.5. The number of piperazine rings is 1. The lowest BCUT2D eigenvalue weighted by molar-refractivity contribution is 0.0693. The normalized spacial score (nSPS) is 17.8. The van der Waals surface area contributed by atoms with Gasteiger partial charge >= 0.3 is 6.03 Å². The van der Waals surface area contributed by atoms with E-state index in [0.29, 0.717) is 31.9 Å². The Balaban J connectivity index is 1.74. The van der Waals surface area contributed by atoms with Gasteiger partial charge in [0.05, 0.1) is 6.26 Å². The standard InChI is InChI=1S/C14H21N3O3/c1-2-5-15-14(19)17-8-6-16(7-9-17)11-12(18)13-4-3-10-20-13/h2-4,10,12,18H,1,5-9,11H2,(H,15,19). The molecule has 6 nitrogen and oxygen atoms in total. The lowest BCUT2D eigenvalue weighted by Crippen LogP contribution is -2.52. The molecule has 1 unspecified atom stereocenters. The number of nitrogens with one attached hydrogen (secondary N) is 1. The number of hydrogen-bond acceptors (Lipinski definition) is 4. The van der Waals surface area contributed by atoms with Gasteiger partial charge in [-0.2, -0.15) is 0 Å². The highest BCUT2D eigenvalue weighted by molar-refractivity contribution is 5.74. The Hall–Kier alpha value is -1.79. The molecule has 6 heteroatoms. The SMILES string of the molecule is C=CCNC(=O)N1CCN(CC(O)c2ccco2)CC1. The highest BCUT2D eigenvalue weighted by atomic mass is 16.4. The van der Waals surface area contributed by atoms with Crippen molar-refractivity contribution in [3.8, 4) is 0 Å². The maximum atomic E-state index is 11.8. The van der Waals surface area contributed by atoms with Gasteiger partial charge in [0.1, 0.15) is 11.9 Å². The van der Waals surface area contributed by atoms with Crippen LogP contribution in [-0.2, 0) is 0 Å². The number of aliphatic hydroxyl groups is 1. The number of carbonyl (C=O) groups excluding carboxylic acids is 1. The number of hydrogen-bond donors (Lipinski definition) is 2. The monoisotopic (exact) mass is 279 g/mol. The molecule has 0 radical (unpaired) electrons. The zero-order valence-corrected chi connectivity index (χ0v) is 11.5. The van der Waals surface area contributed by atoms with Gasteiger partial charge in [0.2, 0.25) is 0 Å². The van der Waals surface area contributed by atoms with Crippen LogP contribution in [0.2, 0.25) is 0 Å². The summed E-state index contributed by atoms with van der Waals surface area (Å²) in [6, 6.07) is 3.47. The number of carbonyl (C=O) groups is 1. The lowest BCUT2D eigenvalue weighted by atomic mass is 10.2. The van der Waals surface area contributed by atoms with Crippen molar-refractivity contribution in [2.24, 2.45) is 0 Å². The molecule has 1 aliphatic heterocycles. The molecule has 2 amide bonds. The fourth-order valence-electron chi connectivity index (χ4n) is 2.22. The summed E-state index contributed by atoms with van der Waals surface area (Å²) in [5, 5.41) is 12.8. The minimum Gasteiger partial charge on any atom is -0.467 e. The number of β-amino-alcohol motifs (C(OH)–C–C–N with tert-alkyl or cyclic N) is 1. The smallest absolute Gasteiger partial charge is 0.317 e. The van der Waals surface area contributed by atoms with E-state index in [-0.39, 0.29) is 6.03 Å². The zero-order chi connectivity index (χ0) is 14.4. The summed E-state index contributed by atoms with van der Waals surface area (Å²) in [4.78, 5) is 15.7. The van der Waals surface area contributed by atoms with E-state index >= 15 is 0 Å².